The molecule has 2 rings (SSSR count). The summed E-state index contributed by atoms with van der Waals surface area (Å²) in [4.78, 5) is 13.6. The lowest BCUT2D eigenvalue weighted by Crippen LogP contribution is -2.56. The zero-order valence-electron chi connectivity index (χ0n) is 11.5. The molecule has 0 aromatic carbocycles. The van der Waals surface area contributed by atoms with E-state index in [1.165, 1.54) is 4.90 Å². The first-order chi connectivity index (χ1) is 9.59. The van der Waals surface area contributed by atoms with Gasteiger partial charge in [0.2, 0.25) is 5.91 Å². The van der Waals surface area contributed by atoms with E-state index in [0.29, 0.717) is 6.42 Å². The minimum atomic E-state index is -0.952. The lowest BCUT2D eigenvalue weighted by Gasteiger charge is -2.37. The van der Waals surface area contributed by atoms with E-state index in [1.807, 2.05) is 6.20 Å². The van der Waals surface area contributed by atoms with Gasteiger partial charge in [-0.1, -0.05) is 0 Å². The summed E-state index contributed by atoms with van der Waals surface area (Å²) in [6, 6.07) is -0.486. The summed E-state index contributed by atoms with van der Waals surface area (Å²) >= 11 is 0. The third-order valence-corrected chi connectivity index (χ3v) is 3.67. The van der Waals surface area contributed by atoms with Gasteiger partial charge in [-0.05, 0) is 18.4 Å². The molecule has 112 valence electrons. The SMILES string of the molecule is CN(C(=O)CCCc1cn[nH]c1)[C@@H]1COC[C@@H](O)[C@H]1O. The quantitative estimate of drug-likeness (QED) is 0.664. The van der Waals surface area contributed by atoms with Crippen LogP contribution in [0.25, 0.3) is 0 Å². The van der Waals surface area contributed by atoms with Gasteiger partial charge in [-0.15, -0.1) is 0 Å². The van der Waals surface area contributed by atoms with E-state index in [1.54, 1.807) is 13.2 Å². The predicted octanol–water partition coefficient (Wildman–Crippen LogP) is -0.689. The molecule has 0 bridgehead atoms. The number of H-pyrrole nitrogens is 1. The van der Waals surface area contributed by atoms with Gasteiger partial charge in [-0.2, -0.15) is 5.10 Å². The monoisotopic (exact) mass is 283 g/mol. The maximum absolute atomic E-state index is 12.1. The lowest BCUT2D eigenvalue weighted by molar-refractivity contribution is -0.153. The van der Waals surface area contributed by atoms with E-state index in [-0.39, 0.29) is 19.1 Å². The van der Waals surface area contributed by atoms with Gasteiger partial charge in [0.15, 0.2) is 0 Å². The average Bonchev–Trinajstić information content (AvgIpc) is 2.94. The van der Waals surface area contributed by atoms with Crippen molar-refractivity contribution >= 4 is 5.91 Å². The number of aliphatic hydroxyl groups excluding tert-OH is 2. The Labute approximate surface area is 117 Å². The lowest BCUT2D eigenvalue weighted by atomic mass is 10.0. The van der Waals surface area contributed by atoms with E-state index < -0.39 is 18.2 Å². The van der Waals surface area contributed by atoms with Crippen molar-refractivity contribution in [3.8, 4) is 0 Å². The van der Waals surface area contributed by atoms with E-state index in [4.69, 9.17) is 4.74 Å². The first-order valence-corrected chi connectivity index (χ1v) is 6.76. The highest BCUT2D eigenvalue weighted by atomic mass is 16.5. The summed E-state index contributed by atoms with van der Waals surface area (Å²) < 4.78 is 5.18. The molecule has 0 unspecified atom stereocenters. The van der Waals surface area contributed by atoms with Crippen molar-refractivity contribution in [1.82, 2.24) is 15.1 Å². The number of nitrogens with zero attached hydrogens (tertiary/aromatic N) is 2. The fraction of sp³-hybridized carbons (Fsp3) is 0.692. The number of aliphatic hydroxyl groups is 2. The molecular formula is C13H21N3O4. The van der Waals surface area contributed by atoms with Gasteiger partial charge in [0.05, 0.1) is 25.5 Å². The highest BCUT2D eigenvalue weighted by molar-refractivity contribution is 5.76. The summed E-state index contributed by atoms with van der Waals surface area (Å²) in [7, 11) is 1.63. The van der Waals surface area contributed by atoms with E-state index in [0.717, 1.165) is 18.4 Å². The number of aromatic nitrogens is 2. The van der Waals surface area contributed by atoms with Crippen molar-refractivity contribution in [2.45, 2.75) is 37.5 Å². The second kappa shape index (κ2) is 6.83. The molecule has 1 aromatic rings. The summed E-state index contributed by atoms with van der Waals surface area (Å²) in [6.45, 7) is 0.363. The number of amides is 1. The maximum atomic E-state index is 12.1. The molecule has 1 aliphatic rings. The van der Waals surface area contributed by atoms with Crippen LogP contribution in [-0.2, 0) is 16.0 Å². The number of likely N-dealkylation sites (N-methyl/N-ethyl adjacent to an activating group) is 1. The van der Waals surface area contributed by atoms with Crippen LogP contribution < -0.4 is 0 Å². The van der Waals surface area contributed by atoms with Crippen LogP contribution in [0.3, 0.4) is 0 Å². The largest absolute Gasteiger partial charge is 0.388 e. The number of carbonyl (C=O) groups is 1. The highest BCUT2D eigenvalue weighted by Gasteiger charge is 2.35. The molecule has 3 N–H and O–H groups in total. The molecule has 2 heterocycles. The van der Waals surface area contributed by atoms with Crippen LogP contribution in [0, 0.1) is 0 Å². The number of aryl methyl sites for hydroxylation is 1. The van der Waals surface area contributed by atoms with Gasteiger partial charge >= 0.3 is 0 Å². The predicted molar refractivity (Wildman–Crippen MR) is 70.9 cm³/mol. The van der Waals surface area contributed by atoms with E-state index in [2.05, 4.69) is 10.2 Å². The van der Waals surface area contributed by atoms with Gasteiger partial charge in [-0.3, -0.25) is 9.89 Å². The number of hydrogen-bond donors (Lipinski definition) is 3. The Bertz CT molecular complexity index is 423. The Morgan fingerprint density at radius 1 is 1.55 bits per heavy atom. The molecule has 1 amide bonds. The zero-order chi connectivity index (χ0) is 14.5. The topological polar surface area (TPSA) is 98.7 Å². The molecule has 1 aliphatic heterocycles. The maximum Gasteiger partial charge on any atom is 0.222 e. The fourth-order valence-corrected chi connectivity index (χ4v) is 2.32. The summed E-state index contributed by atoms with van der Waals surface area (Å²) in [5.74, 6) is -0.0600. The molecule has 3 atom stereocenters. The smallest absolute Gasteiger partial charge is 0.222 e. The molecule has 0 radical (unpaired) electrons. The third kappa shape index (κ3) is 3.56. The van der Waals surface area contributed by atoms with Crippen molar-refractivity contribution < 1.29 is 19.7 Å². The number of hydrogen-bond acceptors (Lipinski definition) is 5. The molecule has 1 fully saturated rings. The molecule has 0 aliphatic carbocycles. The van der Waals surface area contributed by atoms with Gasteiger partial charge in [-0.25, -0.2) is 0 Å². The fourth-order valence-electron chi connectivity index (χ4n) is 2.32. The Hall–Kier alpha value is -1.44. The molecule has 0 spiro atoms. The Morgan fingerprint density at radius 3 is 3.05 bits per heavy atom. The first-order valence-electron chi connectivity index (χ1n) is 6.76. The van der Waals surface area contributed by atoms with Crippen LogP contribution in [-0.4, -0.2) is 69.7 Å². The standard InChI is InChI=1S/C13H21N3O4/c1-16(10-7-20-8-11(17)13(10)19)12(18)4-2-3-9-5-14-15-6-9/h5-6,10-11,13,17,19H,2-4,7-8H2,1H3,(H,14,15)/t10-,11-,13+/m1/s1. The van der Waals surface area contributed by atoms with Crippen LogP contribution >= 0.6 is 0 Å². The van der Waals surface area contributed by atoms with Crippen molar-refractivity contribution in [1.29, 1.82) is 0 Å². The zero-order valence-corrected chi connectivity index (χ0v) is 11.5. The number of aromatic amines is 1. The molecule has 7 heteroatoms. The molecular weight excluding hydrogens is 262 g/mol. The molecule has 7 nitrogen and oxygen atoms in total. The van der Waals surface area contributed by atoms with Crippen LogP contribution in [0.15, 0.2) is 12.4 Å². The number of ether oxygens (including phenoxy) is 1. The van der Waals surface area contributed by atoms with Crippen LogP contribution in [0.4, 0.5) is 0 Å². The number of nitrogens with one attached hydrogen (secondary N) is 1. The summed E-state index contributed by atoms with van der Waals surface area (Å²) in [5.41, 5.74) is 1.07. The Morgan fingerprint density at radius 2 is 2.35 bits per heavy atom. The molecule has 0 saturated carbocycles. The van der Waals surface area contributed by atoms with Crippen molar-refractivity contribution in [2.75, 3.05) is 20.3 Å². The highest BCUT2D eigenvalue weighted by Crippen LogP contribution is 2.15. The first kappa shape index (κ1) is 15.0. The number of rotatable bonds is 5. The minimum Gasteiger partial charge on any atom is -0.388 e. The Balaban J connectivity index is 1.79. The van der Waals surface area contributed by atoms with Crippen LogP contribution in [0.1, 0.15) is 18.4 Å². The third-order valence-electron chi connectivity index (χ3n) is 3.67. The number of carbonyl (C=O) groups excluding carboxylic acids is 1. The van der Waals surface area contributed by atoms with Crippen LogP contribution in [0.2, 0.25) is 0 Å². The van der Waals surface area contributed by atoms with Crippen LogP contribution in [0.5, 0.6) is 0 Å². The normalized spacial score (nSPS) is 26.4. The van der Waals surface area contributed by atoms with Gasteiger partial charge in [0, 0.05) is 19.7 Å². The second-order valence-electron chi connectivity index (χ2n) is 5.13. The van der Waals surface area contributed by atoms with Crippen molar-refractivity contribution in [3.05, 3.63) is 18.0 Å². The van der Waals surface area contributed by atoms with Crippen molar-refractivity contribution in [3.63, 3.8) is 0 Å². The van der Waals surface area contributed by atoms with E-state index in [9.17, 15) is 15.0 Å². The molecule has 1 aromatic heterocycles. The van der Waals surface area contributed by atoms with Gasteiger partial charge in [0.25, 0.3) is 0 Å². The average molecular weight is 283 g/mol. The minimum absolute atomic E-state index is 0.0600. The summed E-state index contributed by atoms with van der Waals surface area (Å²) in [6.07, 6.45) is 3.55. The van der Waals surface area contributed by atoms with Gasteiger partial charge < -0.3 is 19.8 Å². The van der Waals surface area contributed by atoms with E-state index >= 15 is 0 Å². The van der Waals surface area contributed by atoms with Gasteiger partial charge in [0.1, 0.15) is 12.2 Å². The second-order valence-corrected chi connectivity index (χ2v) is 5.13. The van der Waals surface area contributed by atoms with Crippen molar-refractivity contribution in [2.24, 2.45) is 0 Å². The molecule has 20 heavy (non-hydrogen) atoms. The Kier molecular flexibility index (Phi) is 5.11. The molecule has 1 saturated heterocycles. The summed E-state index contributed by atoms with van der Waals surface area (Å²) in [5, 5.41) is 26.0.